The summed E-state index contributed by atoms with van der Waals surface area (Å²) in [6.07, 6.45) is 1.56. The highest BCUT2D eigenvalue weighted by atomic mass is 35.5. The SMILES string of the molecule is Cc1cc(C)cc(-c2nnc(S[C@@H](C)C(=O)Nc3cccnc3Cl)o2)c1. The van der Waals surface area contributed by atoms with E-state index in [1.165, 1.54) is 11.8 Å². The summed E-state index contributed by atoms with van der Waals surface area (Å²) in [5.41, 5.74) is 3.57. The zero-order chi connectivity index (χ0) is 18.7. The molecule has 1 N–H and O–H groups in total. The Hall–Kier alpha value is -2.38. The second kappa shape index (κ2) is 7.88. The van der Waals surface area contributed by atoms with E-state index in [9.17, 15) is 4.79 Å². The van der Waals surface area contributed by atoms with Gasteiger partial charge in [-0.3, -0.25) is 4.79 Å². The average Bonchev–Trinajstić information content (AvgIpc) is 3.04. The first-order valence-corrected chi connectivity index (χ1v) is 9.18. The minimum absolute atomic E-state index is 0.226. The molecule has 134 valence electrons. The second-order valence-corrected chi connectivity index (χ2v) is 7.49. The maximum Gasteiger partial charge on any atom is 0.277 e. The van der Waals surface area contributed by atoms with Crippen LogP contribution in [0.3, 0.4) is 0 Å². The highest BCUT2D eigenvalue weighted by molar-refractivity contribution is 8.00. The number of aryl methyl sites for hydroxylation is 2. The number of nitrogens with one attached hydrogen (secondary N) is 1. The molecule has 0 radical (unpaired) electrons. The molecule has 1 amide bonds. The van der Waals surface area contributed by atoms with Crippen LogP contribution in [0.1, 0.15) is 18.1 Å². The fourth-order valence-electron chi connectivity index (χ4n) is 2.39. The van der Waals surface area contributed by atoms with Crippen molar-refractivity contribution < 1.29 is 9.21 Å². The molecular formula is C18H17ClN4O2S. The summed E-state index contributed by atoms with van der Waals surface area (Å²) in [4.78, 5) is 16.3. The Balaban J connectivity index is 1.68. The molecule has 8 heteroatoms. The number of anilines is 1. The Morgan fingerprint density at radius 1 is 1.23 bits per heavy atom. The van der Waals surface area contributed by atoms with Gasteiger partial charge < -0.3 is 9.73 Å². The summed E-state index contributed by atoms with van der Waals surface area (Å²) in [7, 11) is 0. The first-order chi connectivity index (χ1) is 12.4. The molecule has 3 rings (SSSR count). The lowest BCUT2D eigenvalue weighted by Gasteiger charge is -2.10. The Morgan fingerprint density at radius 2 is 1.96 bits per heavy atom. The summed E-state index contributed by atoms with van der Waals surface area (Å²) in [6, 6.07) is 9.43. The maximum absolute atomic E-state index is 12.3. The van der Waals surface area contributed by atoms with E-state index in [-0.39, 0.29) is 11.1 Å². The summed E-state index contributed by atoms with van der Waals surface area (Å²) < 4.78 is 5.70. The molecule has 1 aromatic carbocycles. The van der Waals surface area contributed by atoms with Crippen LogP contribution >= 0.6 is 23.4 Å². The van der Waals surface area contributed by atoms with Crippen molar-refractivity contribution in [2.45, 2.75) is 31.2 Å². The number of benzene rings is 1. The van der Waals surface area contributed by atoms with E-state index in [2.05, 4.69) is 26.6 Å². The van der Waals surface area contributed by atoms with E-state index < -0.39 is 5.25 Å². The highest BCUT2D eigenvalue weighted by Gasteiger charge is 2.20. The van der Waals surface area contributed by atoms with Gasteiger partial charge in [0.25, 0.3) is 5.22 Å². The molecule has 1 atom stereocenters. The van der Waals surface area contributed by atoms with Crippen LogP contribution in [0, 0.1) is 13.8 Å². The molecule has 2 aromatic heterocycles. The Kier molecular flexibility index (Phi) is 5.58. The predicted octanol–water partition coefficient (Wildman–Crippen LogP) is 4.52. The lowest BCUT2D eigenvalue weighted by atomic mass is 10.1. The molecule has 0 fully saturated rings. The largest absolute Gasteiger partial charge is 0.411 e. The van der Waals surface area contributed by atoms with Gasteiger partial charge in [-0.05, 0) is 45.0 Å². The topological polar surface area (TPSA) is 80.9 Å². The molecule has 3 aromatic rings. The van der Waals surface area contributed by atoms with Gasteiger partial charge in [0.05, 0.1) is 10.9 Å². The molecular weight excluding hydrogens is 372 g/mol. The molecule has 0 saturated carbocycles. The monoisotopic (exact) mass is 388 g/mol. The van der Waals surface area contributed by atoms with Crippen LogP contribution in [0.25, 0.3) is 11.5 Å². The van der Waals surface area contributed by atoms with Gasteiger partial charge in [-0.1, -0.05) is 40.6 Å². The molecule has 0 spiro atoms. The standard InChI is InChI=1S/C18H17ClN4O2S/c1-10-7-11(2)9-13(8-10)17-22-23-18(25-17)26-12(3)16(24)21-14-5-4-6-20-15(14)19/h4-9,12H,1-3H3,(H,21,24)/t12-/m0/s1. The van der Waals surface area contributed by atoms with Gasteiger partial charge in [-0.2, -0.15) is 0 Å². The quantitative estimate of drug-likeness (QED) is 0.511. The number of nitrogens with zero attached hydrogens (tertiary/aromatic N) is 3. The van der Waals surface area contributed by atoms with Gasteiger partial charge in [-0.25, -0.2) is 4.98 Å². The molecule has 0 aliphatic heterocycles. The first kappa shape index (κ1) is 18.4. The number of carbonyl (C=O) groups is 1. The zero-order valence-corrected chi connectivity index (χ0v) is 16.1. The van der Waals surface area contributed by atoms with Gasteiger partial charge in [0.2, 0.25) is 11.8 Å². The Labute approximate surface area is 160 Å². The Bertz CT molecular complexity index is 924. The predicted molar refractivity (Wildman–Crippen MR) is 102 cm³/mol. The molecule has 0 bridgehead atoms. The van der Waals surface area contributed by atoms with Crippen LogP contribution in [-0.2, 0) is 4.79 Å². The van der Waals surface area contributed by atoms with E-state index in [0.29, 0.717) is 16.8 Å². The average molecular weight is 389 g/mol. The summed E-state index contributed by atoms with van der Waals surface area (Å²) in [5.74, 6) is 0.207. The fourth-order valence-corrected chi connectivity index (χ4v) is 3.24. The van der Waals surface area contributed by atoms with Crippen LogP contribution in [0.2, 0.25) is 5.15 Å². The van der Waals surface area contributed by atoms with Gasteiger partial charge in [0.15, 0.2) is 5.15 Å². The number of pyridine rings is 1. The third-order valence-electron chi connectivity index (χ3n) is 3.54. The number of halogens is 1. The molecule has 0 aliphatic rings. The highest BCUT2D eigenvalue weighted by Crippen LogP contribution is 2.28. The van der Waals surface area contributed by atoms with Gasteiger partial charge in [0, 0.05) is 11.8 Å². The van der Waals surface area contributed by atoms with E-state index in [1.54, 1.807) is 25.3 Å². The van der Waals surface area contributed by atoms with Crippen molar-refractivity contribution >= 4 is 35.0 Å². The molecule has 2 heterocycles. The molecule has 0 aliphatic carbocycles. The van der Waals surface area contributed by atoms with Crippen LogP contribution in [0.15, 0.2) is 46.2 Å². The first-order valence-electron chi connectivity index (χ1n) is 7.92. The fraction of sp³-hybridized carbons (Fsp3) is 0.222. The smallest absolute Gasteiger partial charge is 0.277 e. The van der Waals surface area contributed by atoms with Crippen molar-refractivity contribution in [3.63, 3.8) is 0 Å². The van der Waals surface area contributed by atoms with Crippen LogP contribution in [0.5, 0.6) is 0 Å². The van der Waals surface area contributed by atoms with Gasteiger partial charge in [0.1, 0.15) is 0 Å². The number of thioether (sulfide) groups is 1. The molecule has 0 saturated heterocycles. The Morgan fingerprint density at radius 3 is 2.65 bits per heavy atom. The minimum atomic E-state index is -0.446. The number of hydrogen-bond acceptors (Lipinski definition) is 6. The van der Waals surface area contributed by atoms with Crippen LogP contribution < -0.4 is 5.32 Å². The lowest BCUT2D eigenvalue weighted by Crippen LogP contribution is -2.22. The lowest BCUT2D eigenvalue weighted by molar-refractivity contribution is -0.115. The van der Waals surface area contributed by atoms with Gasteiger partial charge in [-0.15, -0.1) is 10.2 Å². The maximum atomic E-state index is 12.3. The van der Waals surface area contributed by atoms with Crippen LogP contribution in [-0.4, -0.2) is 26.3 Å². The number of aromatic nitrogens is 3. The third kappa shape index (κ3) is 4.42. The normalized spacial score (nSPS) is 12.0. The van der Waals surface area contributed by atoms with E-state index in [0.717, 1.165) is 16.7 Å². The van der Waals surface area contributed by atoms with E-state index in [4.69, 9.17) is 16.0 Å². The number of carbonyl (C=O) groups excluding carboxylic acids is 1. The summed E-state index contributed by atoms with van der Waals surface area (Å²) in [5, 5.41) is 11.0. The van der Waals surface area contributed by atoms with E-state index >= 15 is 0 Å². The van der Waals surface area contributed by atoms with Crippen LogP contribution in [0.4, 0.5) is 5.69 Å². The summed E-state index contributed by atoms with van der Waals surface area (Å²) in [6.45, 7) is 5.78. The van der Waals surface area contributed by atoms with Crippen molar-refractivity contribution in [1.29, 1.82) is 0 Å². The third-order valence-corrected chi connectivity index (χ3v) is 4.77. The number of hydrogen-bond donors (Lipinski definition) is 1. The number of rotatable bonds is 5. The minimum Gasteiger partial charge on any atom is -0.411 e. The molecule has 6 nitrogen and oxygen atoms in total. The molecule has 26 heavy (non-hydrogen) atoms. The molecule has 0 unspecified atom stereocenters. The summed E-state index contributed by atoms with van der Waals surface area (Å²) >= 11 is 7.14. The number of amides is 1. The van der Waals surface area contributed by atoms with Crippen molar-refractivity contribution in [1.82, 2.24) is 15.2 Å². The zero-order valence-electron chi connectivity index (χ0n) is 14.5. The van der Waals surface area contributed by atoms with Crippen molar-refractivity contribution in [2.75, 3.05) is 5.32 Å². The van der Waals surface area contributed by atoms with Crippen molar-refractivity contribution in [2.24, 2.45) is 0 Å². The van der Waals surface area contributed by atoms with Gasteiger partial charge >= 0.3 is 0 Å². The van der Waals surface area contributed by atoms with E-state index in [1.807, 2.05) is 26.0 Å². The van der Waals surface area contributed by atoms with Crippen molar-refractivity contribution in [3.8, 4) is 11.5 Å². The second-order valence-electron chi connectivity index (χ2n) is 5.84. The van der Waals surface area contributed by atoms with Crippen molar-refractivity contribution in [3.05, 3.63) is 52.8 Å².